The molecule has 2 unspecified atom stereocenters. The van der Waals surface area contributed by atoms with Gasteiger partial charge in [0.05, 0.1) is 50.1 Å². The summed E-state index contributed by atoms with van der Waals surface area (Å²) in [5.74, 6) is -2.10. The number of carbonyl (C=O) groups is 3. The van der Waals surface area contributed by atoms with Crippen molar-refractivity contribution < 1.29 is 38.1 Å². The van der Waals surface area contributed by atoms with Crippen molar-refractivity contribution in [1.29, 1.82) is 0 Å². The number of ether oxygens (including phenoxy) is 3. The topological polar surface area (TPSA) is 112 Å². The molecule has 3 saturated carbocycles. The van der Waals surface area contributed by atoms with Gasteiger partial charge in [-0.2, -0.15) is 0 Å². The van der Waals surface area contributed by atoms with Crippen LogP contribution in [0.1, 0.15) is 71.5 Å². The molecule has 0 radical (unpaired) electrons. The molecule has 37 heavy (non-hydrogen) atoms. The fourth-order valence-electron chi connectivity index (χ4n) is 9.41. The minimum Gasteiger partial charge on any atom is -0.472 e. The van der Waals surface area contributed by atoms with Gasteiger partial charge >= 0.3 is 11.9 Å². The van der Waals surface area contributed by atoms with E-state index in [0.29, 0.717) is 19.4 Å². The molecule has 0 spiro atoms. The van der Waals surface area contributed by atoms with Crippen LogP contribution in [-0.4, -0.2) is 48.3 Å². The third-order valence-corrected chi connectivity index (χ3v) is 11.3. The number of ketones is 1. The lowest BCUT2D eigenvalue weighted by molar-refractivity contribution is -0.223. The molecule has 2 bridgehead atoms. The Bertz CT molecular complexity index is 1200. The van der Waals surface area contributed by atoms with E-state index in [1.165, 1.54) is 7.11 Å². The molecule has 1 aromatic heterocycles. The first-order valence-corrected chi connectivity index (χ1v) is 13.4. The van der Waals surface area contributed by atoms with E-state index in [2.05, 4.69) is 13.8 Å². The Kier molecular flexibility index (Phi) is 5.23. The summed E-state index contributed by atoms with van der Waals surface area (Å²) in [6.07, 6.45) is 4.01. The zero-order valence-electron chi connectivity index (χ0n) is 22.2. The lowest BCUT2D eigenvalue weighted by Gasteiger charge is -2.66. The van der Waals surface area contributed by atoms with E-state index in [-0.39, 0.29) is 36.5 Å². The Morgan fingerprint density at radius 1 is 1.22 bits per heavy atom. The number of rotatable bonds is 5. The zero-order chi connectivity index (χ0) is 26.5. The Morgan fingerprint density at radius 2 is 1.97 bits per heavy atom. The van der Waals surface area contributed by atoms with E-state index in [0.717, 1.165) is 23.1 Å². The molecule has 4 fully saturated rings. The summed E-state index contributed by atoms with van der Waals surface area (Å²) in [6.45, 7) is 8.42. The van der Waals surface area contributed by atoms with E-state index in [1.54, 1.807) is 12.5 Å². The van der Waals surface area contributed by atoms with Crippen LogP contribution in [0.2, 0.25) is 0 Å². The average Bonchev–Trinajstić information content (AvgIpc) is 3.52. The van der Waals surface area contributed by atoms with Gasteiger partial charge in [-0.25, -0.2) is 0 Å². The molecule has 2 heterocycles. The third kappa shape index (κ3) is 2.78. The van der Waals surface area contributed by atoms with Crippen LogP contribution in [0.4, 0.5) is 0 Å². The van der Waals surface area contributed by atoms with E-state index in [4.69, 9.17) is 18.6 Å². The lowest BCUT2D eigenvalue weighted by Crippen LogP contribution is -2.70. The Labute approximate surface area is 216 Å². The quantitative estimate of drug-likeness (QED) is 0.467. The summed E-state index contributed by atoms with van der Waals surface area (Å²) in [4.78, 5) is 39.7. The molecule has 8 nitrogen and oxygen atoms in total. The largest absolute Gasteiger partial charge is 0.472 e. The molecular weight excluding hydrogens is 476 g/mol. The zero-order valence-corrected chi connectivity index (χ0v) is 22.2. The SMILES string of the molecule is CCO[C@@H]1C2=C3CC(=O)O[C@@H](c4ccoc4)[C@]3(C)CC[C@@H]2[C@]2(C)[C@@](C)(CC(=O)OC)C3C[C@@]2(O)C1C3=O. The van der Waals surface area contributed by atoms with Crippen molar-refractivity contribution in [3.05, 3.63) is 35.3 Å². The van der Waals surface area contributed by atoms with Crippen molar-refractivity contribution in [2.75, 3.05) is 13.7 Å². The number of methoxy groups -OCH3 is 1. The molecule has 5 aliphatic rings. The number of carbonyl (C=O) groups excluding carboxylic acids is 3. The average molecular weight is 513 g/mol. The highest BCUT2D eigenvalue weighted by Gasteiger charge is 2.83. The van der Waals surface area contributed by atoms with E-state index >= 15 is 0 Å². The van der Waals surface area contributed by atoms with Gasteiger partial charge in [0.15, 0.2) is 0 Å². The standard InChI is InChI=1S/C29H36O8/c1-6-36-24-21-16(7-9-26(2)17(21)11-19(30)37-25(26)15-8-10-35-14-15)28(4)27(3,13-20(31)34-5)18-12-29(28,33)22(24)23(18)32/h8,10,14,16,18,22,24-25,33H,6-7,9,11-13H2,1-5H3/t16-,18?,22?,24+,25-,26+,27-,28+,29+/m0/s1. The van der Waals surface area contributed by atoms with Crippen LogP contribution in [0, 0.1) is 34.0 Å². The molecule has 1 saturated heterocycles. The van der Waals surface area contributed by atoms with Gasteiger partial charge < -0.3 is 23.7 Å². The van der Waals surface area contributed by atoms with Crippen LogP contribution in [0.3, 0.4) is 0 Å². The van der Waals surface area contributed by atoms with Gasteiger partial charge in [-0.15, -0.1) is 0 Å². The predicted molar refractivity (Wildman–Crippen MR) is 130 cm³/mol. The van der Waals surface area contributed by atoms with Crippen LogP contribution < -0.4 is 0 Å². The second kappa shape index (κ2) is 7.79. The van der Waals surface area contributed by atoms with Crippen LogP contribution in [0.15, 0.2) is 34.2 Å². The summed E-state index contributed by atoms with van der Waals surface area (Å²) in [5, 5.41) is 12.4. The highest BCUT2D eigenvalue weighted by Crippen LogP contribution is 2.79. The van der Waals surface area contributed by atoms with Gasteiger partial charge in [0.25, 0.3) is 0 Å². The molecule has 6 rings (SSSR count). The summed E-state index contributed by atoms with van der Waals surface area (Å²) >= 11 is 0. The van der Waals surface area contributed by atoms with Gasteiger partial charge in [-0.1, -0.05) is 20.8 Å². The first-order chi connectivity index (χ1) is 17.5. The van der Waals surface area contributed by atoms with Gasteiger partial charge in [-0.05, 0) is 54.7 Å². The number of Topliss-reactive ketones (excluding diaryl/α,β-unsaturated/α-hetero) is 1. The molecule has 9 atom stereocenters. The van der Waals surface area contributed by atoms with Crippen molar-refractivity contribution in [2.24, 2.45) is 34.0 Å². The van der Waals surface area contributed by atoms with Crippen LogP contribution in [0.5, 0.6) is 0 Å². The van der Waals surface area contributed by atoms with Crippen LogP contribution in [0.25, 0.3) is 0 Å². The third-order valence-electron chi connectivity index (χ3n) is 11.3. The molecule has 1 aliphatic heterocycles. The number of furan rings is 1. The second-order valence-corrected chi connectivity index (χ2v) is 12.4. The molecule has 4 aliphatic carbocycles. The predicted octanol–water partition coefficient (Wildman–Crippen LogP) is 3.92. The van der Waals surface area contributed by atoms with E-state index < -0.39 is 45.9 Å². The number of fused-ring (bicyclic) bond motifs is 4. The summed E-state index contributed by atoms with van der Waals surface area (Å²) in [6, 6.07) is 1.83. The maximum absolute atomic E-state index is 14.0. The maximum Gasteiger partial charge on any atom is 0.310 e. The molecule has 8 heteroatoms. The fourth-order valence-corrected chi connectivity index (χ4v) is 9.41. The van der Waals surface area contributed by atoms with Crippen LogP contribution in [-0.2, 0) is 28.6 Å². The van der Waals surface area contributed by atoms with Crippen molar-refractivity contribution >= 4 is 17.7 Å². The fraction of sp³-hybridized carbons (Fsp3) is 0.690. The maximum atomic E-state index is 14.0. The van der Waals surface area contributed by atoms with Crippen molar-refractivity contribution in [3.8, 4) is 0 Å². The van der Waals surface area contributed by atoms with E-state index in [9.17, 15) is 19.5 Å². The van der Waals surface area contributed by atoms with Crippen molar-refractivity contribution in [3.63, 3.8) is 0 Å². The summed E-state index contributed by atoms with van der Waals surface area (Å²) in [7, 11) is 1.36. The molecule has 0 amide bonds. The highest BCUT2D eigenvalue weighted by molar-refractivity contribution is 5.93. The number of hydrogen-bond donors (Lipinski definition) is 1. The summed E-state index contributed by atoms with van der Waals surface area (Å²) in [5.41, 5.74) is -0.661. The van der Waals surface area contributed by atoms with Crippen LogP contribution >= 0.6 is 0 Å². The highest BCUT2D eigenvalue weighted by atomic mass is 16.5. The molecule has 200 valence electrons. The van der Waals surface area contributed by atoms with Crippen molar-refractivity contribution in [1.82, 2.24) is 0 Å². The number of aliphatic hydroxyl groups is 1. The number of hydrogen-bond acceptors (Lipinski definition) is 8. The van der Waals surface area contributed by atoms with E-state index in [1.807, 2.05) is 19.9 Å². The van der Waals surface area contributed by atoms with Gasteiger partial charge in [0.1, 0.15) is 11.9 Å². The smallest absolute Gasteiger partial charge is 0.310 e. The Hall–Kier alpha value is -2.45. The molecule has 1 aromatic rings. The lowest BCUT2D eigenvalue weighted by atomic mass is 9.39. The minimum atomic E-state index is -1.31. The minimum absolute atomic E-state index is 0.0478. The first-order valence-electron chi connectivity index (χ1n) is 13.4. The first kappa shape index (κ1) is 24.9. The second-order valence-electron chi connectivity index (χ2n) is 12.4. The van der Waals surface area contributed by atoms with Gasteiger partial charge in [0.2, 0.25) is 0 Å². The molecule has 0 aromatic carbocycles. The molecular formula is C29H36O8. The molecule has 1 N–H and O–H groups in total. The number of cyclic esters (lactones) is 1. The normalized spacial score (nSPS) is 45.9. The Morgan fingerprint density at radius 3 is 2.62 bits per heavy atom. The monoisotopic (exact) mass is 512 g/mol. The summed E-state index contributed by atoms with van der Waals surface area (Å²) < 4.78 is 22.7. The van der Waals surface area contributed by atoms with Gasteiger partial charge in [0, 0.05) is 28.9 Å². The number of esters is 2. The van der Waals surface area contributed by atoms with Crippen molar-refractivity contribution in [2.45, 2.75) is 77.6 Å². The Balaban J connectivity index is 1.59. The van der Waals surface area contributed by atoms with Gasteiger partial charge in [-0.3, -0.25) is 14.4 Å².